The monoisotopic (exact) mass is 194 g/mol. The van der Waals surface area contributed by atoms with Gasteiger partial charge in [0.15, 0.2) is 0 Å². The molecule has 0 aliphatic carbocycles. The first-order valence-corrected chi connectivity index (χ1v) is 4.98. The molecule has 0 saturated carbocycles. The van der Waals surface area contributed by atoms with E-state index in [4.69, 9.17) is 0 Å². The van der Waals surface area contributed by atoms with Gasteiger partial charge in [0.1, 0.15) is 0 Å². The van der Waals surface area contributed by atoms with Crippen molar-refractivity contribution in [2.45, 2.75) is 53.9 Å². The van der Waals surface area contributed by atoms with Crippen LogP contribution in [-0.4, -0.2) is 23.1 Å². The molecule has 0 aliphatic heterocycles. The third kappa shape index (κ3) is 32.3. The maximum Gasteiger partial charge on any atom is 2.00 e. The molecular weight excluding hydrogens is 168 g/mol. The third-order valence-corrected chi connectivity index (χ3v) is 1.31. The number of unbranched alkanes of at least 4 members (excludes halogenated alkanes) is 1. The summed E-state index contributed by atoms with van der Waals surface area (Å²) in [5, 5.41) is 0. The van der Waals surface area contributed by atoms with E-state index in [2.05, 4.69) is 48.5 Å². The fourth-order valence-electron chi connectivity index (χ4n) is 1.11. The maximum absolute atomic E-state index is 4.01. The average Bonchev–Trinajstić information content (AvgIpc) is 1.83. The Balaban J connectivity index is -0.000000173. The van der Waals surface area contributed by atoms with Gasteiger partial charge in [0.05, 0.1) is 0 Å². The van der Waals surface area contributed by atoms with Gasteiger partial charge < -0.3 is 13.8 Å². The number of hydrogen-bond acceptors (Lipinski definition) is 0. The van der Waals surface area contributed by atoms with E-state index in [-0.39, 0.29) is 28.5 Å². The number of rotatable bonds is 3. The molecule has 0 atom stereocenters. The second-order valence-electron chi connectivity index (χ2n) is 4.62. The minimum absolute atomic E-state index is 0. The van der Waals surface area contributed by atoms with Crippen LogP contribution >= 0.6 is 0 Å². The number of hydrogen-bond donors (Lipinski definition) is 0. The van der Waals surface area contributed by atoms with E-state index in [9.17, 15) is 0 Å². The molecule has 13 heavy (non-hydrogen) atoms. The molecule has 0 radical (unpaired) electrons. The summed E-state index contributed by atoms with van der Waals surface area (Å²) in [5.74, 6) is 0.780. The van der Waals surface area contributed by atoms with Crippen molar-refractivity contribution in [2.75, 3.05) is 0 Å². The molecule has 0 fully saturated rings. The molecule has 0 aromatic carbocycles. The van der Waals surface area contributed by atoms with Crippen LogP contribution in [-0.2, 0) is 0 Å². The molecule has 0 unspecified atom stereocenters. The maximum atomic E-state index is 4.01. The molecule has 0 aromatic rings. The van der Waals surface area contributed by atoms with E-state index in [1.807, 2.05) is 0 Å². The molecule has 0 aromatic heterocycles. The molecule has 0 saturated heterocycles. The van der Waals surface area contributed by atoms with Crippen LogP contribution in [0, 0.1) is 25.2 Å². The zero-order valence-electron chi connectivity index (χ0n) is 10.3. The summed E-state index contributed by atoms with van der Waals surface area (Å²) < 4.78 is 0. The van der Waals surface area contributed by atoms with Gasteiger partial charge in [-0.2, -0.15) is 11.8 Å². The largest absolute Gasteiger partial charge is 2.00 e. The van der Waals surface area contributed by atoms with Crippen LogP contribution < -0.4 is 0 Å². The first kappa shape index (κ1) is 19.4. The van der Waals surface area contributed by atoms with Gasteiger partial charge in [0, 0.05) is 0 Å². The van der Waals surface area contributed by atoms with E-state index in [1.165, 1.54) is 12.8 Å². The molecule has 0 heterocycles. The second-order valence-corrected chi connectivity index (χ2v) is 4.62. The van der Waals surface area contributed by atoms with Crippen molar-refractivity contribution in [1.29, 1.82) is 0 Å². The smallest absolute Gasteiger partial charge is 0.343 e. The standard InChI is InChI=1S/C8H17.C4H9.Mg/c1-7(2)6-8(3,4)5;1-3-4-2;/h7H,3,6H2,1-2,4-5H3;1,3-4H2,2H3;/q2*-1;+2. The zero-order valence-corrected chi connectivity index (χ0v) is 11.7. The average molecular weight is 195 g/mol. The topological polar surface area (TPSA) is 0 Å². The van der Waals surface area contributed by atoms with Gasteiger partial charge in [-0.15, -0.1) is 0 Å². The Labute approximate surface area is 102 Å². The second kappa shape index (κ2) is 10.8. The van der Waals surface area contributed by atoms with Gasteiger partial charge in [0.25, 0.3) is 0 Å². The molecule has 0 nitrogen and oxygen atoms in total. The van der Waals surface area contributed by atoms with E-state index in [0.717, 1.165) is 12.3 Å². The van der Waals surface area contributed by atoms with Crippen molar-refractivity contribution in [2.24, 2.45) is 11.3 Å². The van der Waals surface area contributed by atoms with Gasteiger partial charge in [-0.1, -0.05) is 47.5 Å². The van der Waals surface area contributed by atoms with Crippen LogP contribution in [0.3, 0.4) is 0 Å². The Morgan fingerprint density at radius 2 is 1.54 bits per heavy atom. The Hall–Kier alpha value is 0.766. The summed E-state index contributed by atoms with van der Waals surface area (Å²) >= 11 is 0. The van der Waals surface area contributed by atoms with Gasteiger partial charge in [-0.25, -0.2) is 0 Å². The van der Waals surface area contributed by atoms with Crippen molar-refractivity contribution in [3.8, 4) is 0 Å². The van der Waals surface area contributed by atoms with Crippen LogP contribution in [0.25, 0.3) is 0 Å². The minimum Gasteiger partial charge on any atom is -0.343 e. The van der Waals surface area contributed by atoms with Crippen molar-refractivity contribution >= 4 is 23.1 Å². The molecule has 1 heteroatoms. The molecule has 76 valence electrons. The fourth-order valence-corrected chi connectivity index (χ4v) is 1.11. The molecule has 0 bridgehead atoms. The van der Waals surface area contributed by atoms with Crippen molar-refractivity contribution < 1.29 is 0 Å². The van der Waals surface area contributed by atoms with Crippen LogP contribution in [0.2, 0.25) is 0 Å². The Morgan fingerprint density at radius 3 is 1.54 bits per heavy atom. The Bertz CT molecular complexity index is 77.6. The normalized spacial score (nSPS) is 10.2. The van der Waals surface area contributed by atoms with Crippen LogP contribution in [0.1, 0.15) is 53.9 Å². The van der Waals surface area contributed by atoms with E-state index in [1.54, 1.807) is 0 Å². The van der Waals surface area contributed by atoms with Crippen LogP contribution in [0.4, 0.5) is 0 Å². The Kier molecular flexibility index (Phi) is 16.1. The molecule has 0 N–H and O–H groups in total. The van der Waals surface area contributed by atoms with E-state index < -0.39 is 0 Å². The molecule has 0 amide bonds. The van der Waals surface area contributed by atoms with Gasteiger partial charge in [-0.3, -0.25) is 0 Å². The fraction of sp³-hybridized carbons (Fsp3) is 0.833. The summed E-state index contributed by atoms with van der Waals surface area (Å²) in [4.78, 5) is 0. The summed E-state index contributed by atoms with van der Waals surface area (Å²) in [6, 6.07) is 0. The van der Waals surface area contributed by atoms with E-state index in [0.29, 0.717) is 0 Å². The summed E-state index contributed by atoms with van der Waals surface area (Å²) in [6.45, 7) is 18.5. The molecule has 0 rings (SSSR count). The van der Waals surface area contributed by atoms with Gasteiger partial charge >= 0.3 is 23.1 Å². The van der Waals surface area contributed by atoms with Crippen LogP contribution in [0.15, 0.2) is 0 Å². The first-order chi connectivity index (χ1) is 5.33. The predicted molar refractivity (Wildman–Crippen MR) is 64.6 cm³/mol. The quantitative estimate of drug-likeness (QED) is 0.468. The summed E-state index contributed by atoms with van der Waals surface area (Å²) in [6.07, 6.45) is 3.49. The molecule has 0 spiro atoms. The van der Waals surface area contributed by atoms with Gasteiger partial charge in [0.2, 0.25) is 0 Å². The zero-order chi connectivity index (χ0) is 10.2. The van der Waals surface area contributed by atoms with Crippen molar-refractivity contribution in [3.63, 3.8) is 0 Å². The van der Waals surface area contributed by atoms with Crippen molar-refractivity contribution in [3.05, 3.63) is 13.8 Å². The van der Waals surface area contributed by atoms with Crippen molar-refractivity contribution in [1.82, 2.24) is 0 Å². The van der Waals surface area contributed by atoms with E-state index >= 15 is 0 Å². The molecular formula is C12H26Mg. The summed E-state index contributed by atoms with van der Waals surface area (Å²) in [7, 11) is 0. The Morgan fingerprint density at radius 1 is 1.23 bits per heavy atom. The molecule has 0 aliphatic rings. The predicted octanol–water partition coefficient (Wildman–Crippen LogP) is 4.13. The first-order valence-electron chi connectivity index (χ1n) is 4.98. The SMILES string of the molecule is [CH2-]C(C)(C)CC(C)C.[CH2-]CCC.[Mg+2]. The van der Waals surface area contributed by atoms with Gasteiger partial charge in [-0.05, 0) is 5.92 Å². The van der Waals surface area contributed by atoms with Crippen LogP contribution in [0.5, 0.6) is 0 Å². The summed E-state index contributed by atoms with van der Waals surface area (Å²) in [5.41, 5.74) is 0.272. The third-order valence-electron chi connectivity index (χ3n) is 1.31. The minimum atomic E-state index is 0.